The van der Waals surface area contributed by atoms with Gasteiger partial charge in [0.15, 0.2) is 11.5 Å². The standard InChI is InChI=1S/C24H18Cl2N2O3/c1-30-23-12-17(7-10-22(23)31-15-16-5-3-2-4-6-16)11-18(14-27)24(29)28-19-8-9-20(25)21(26)13-19/h2-13H,15H2,1H3,(H,28,29)/b18-11+. The highest BCUT2D eigenvalue weighted by molar-refractivity contribution is 6.42. The zero-order valence-electron chi connectivity index (χ0n) is 16.6. The Kier molecular flexibility index (Phi) is 7.55. The minimum absolute atomic E-state index is 0.0777. The third-order valence-corrected chi connectivity index (χ3v) is 5.02. The normalized spacial score (nSPS) is 10.8. The summed E-state index contributed by atoms with van der Waals surface area (Å²) in [4.78, 5) is 12.5. The van der Waals surface area contributed by atoms with E-state index in [9.17, 15) is 10.1 Å². The summed E-state index contributed by atoms with van der Waals surface area (Å²) in [5, 5.41) is 12.8. The number of amides is 1. The lowest BCUT2D eigenvalue weighted by molar-refractivity contribution is -0.112. The van der Waals surface area contributed by atoms with E-state index in [0.717, 1.165) is 5.56 Å². The average molecular weight is 453 g/mol. The number of carbonyl (C=O) groups excluding carboxylic acids is 1. The zero-order chi connectivity index (χ0) is 22.2. The molecule has 156 valence electrons. The third-order valence-electron chi connectivity index (χ3n) is 4.28. The van der Waals surface area contributed by atoms with E-state index in [-0.39, 0.29) is 5.57 Å². The summed E-state index contributed by atoms with van der Waals surface area (Å²) in [5.41, 5.74) is 2.00. The van der Waals surface area contributed by atoms with Crippen LogP contribution in [0.4, 0.5) is 5.69 Å². The SMILES string of the molecule is COc1cc(/C=C(\C#N)C(=O)Nc2ccc(Cl)c(Cl)c2)ccc1OCc1ccccc1. The van der Waals surface area contributed by atoms with Crippen LogP contribution in [0.25, 0.3) is 6.08 Å². The number of nitriles is 1. The Balaban J connectivity index is 1.75. The van der Waals surface area contributed by atoms with Gasteiger partial charge in [0.25, 0.3) is 5.91 Å². The molecule has 3 aromatic carbocycles. The van der Waals surface area contributed by atoms with Crippen molar-refractivity contribution in [2.45, 2.75) is 6.61 Å². The predicted molar refractivity (Wildman–Crippen MR) is 122 cm³/mol. The van der Waals surface area contributed by atoms with E-state index in [2.05, 4.69) is 5.32 Å². The predicted octanol–water partition coefficient (Wildman–Crippen LogP) is 6.13. The summed E-state index contributed by atoms with van der Waals surface area (Å²) in [6, 6.07) is 21.5. The van der Waals surface area contributed by atoms with Crippen molar-refractivity contribution in [1.29, 1.82) is 5.26 Å². The molecule has 0 aliphatic carbocycles. The quantitative estimate of drug-likeness (QED) is 0.345. The summed E-state index contributed by atoms with van der Waals surface area (Å²) in [6.45, 7) is 0.391. The first-order chi connectivity index (χ1) is 15.0. The van der Waals surface area contributed by atoms with Crippen molar-refractivity contribution in [2.24, 2.45) is 0 Å². The number of halogens is 2. The largest absolute Gasteiger partial charge is 0.493 e. The molecular formula is C24H18Cl2N2O3. The molecule has 1 amide bonds. The van der Waals surface area contributed by atoms with Gasteiger partial charge in [-0.25, -0.2) is 0 Å². The Bertz CT molecular complexity index is 1160. The highest BCUT2D eigenvalue weighted by Gasteiger charge is 2.12. The number of nitrogens with zero attached hydrogens (tertiary/aromatic N) is 1. The second kappa shape index (κ2) is 10.5. The van der Waals surface area contributed by atoms with Crippen molar-refractivity contribution in [2.75, 3.05) is 12.4 Å². The molecule has 5 nitrogen and oxygen atoms in total. The number of benzene rings is 3. The van der Waals surface area contributed by atoms with Crippen LogP contribution in [0.1, 0.15) is 11.1 Å². The molecule has 0 aromatic heterocycles. The summed E-state index contributed by atoms with van der Waals surface area (Å²) in [7, 11) is 1.53. The number of carbonyl (C=O) groups is 1. The van der Waals surface area contributed by atoms with Gasteiger partial charge in [-0.1, -0.05) is 59.6 Å². The van der Waals surface area contributed by atoms with Crippen LogP contribution in [0.2, 0.25) is 10.0 Å². The molecule has 0 unspecified atom stereocenters. The lowest BCUT2D eigenvalue weighted by Crippen LogP contribution is -2.13. The number of nitrogens with one attached hydrogen (secondary N) is 1. The number of hydrogen-bond acceptors (Lipinski definition) is 4. The molecule has 0 aliphatic heterocycles. The van der Waals surface area contributed by atoms with Crippen molar-refractivity contribution in [3.05, 3.63) is 93.5 Å². The summed E-state index contributed by atoms with van der Waals surface area (Å²) >= 11 is 11.8. The van der Waals surface area contributed by atoms with Crippen LogP contribution < -0.4 is 14.8 Å². The second-order valence-electron chi connectivity index (χ2n) is 6.44. The molecule has 0 spiro atoms. The molecule has 0 radical (unpaired) electrons. The maximum Gasteiger partial charge on any atom is 0.266 e. The first-order valence-electron chi connectivity index (χ1n) is 9.23. The molecule has 31 heavy (non-hydrogen) atoms. The summed E-state index contributed by atoms with van der Waals surface area (Å²) in [5.74, 6) is 0.485. The van der Waals surface area contributed by atoms with E-state index >= 15 is 0 Å². The summed E-state index contributed by atoms with van der Waals surface area (Å²) < 4.78 is 11.2. The Labute approximate surface area is 190 Å². The van der Waals surface area contributed by atoms with Crippen LogP contribution >= 0.6 is 23.2 Å². The smallest absolute Gasteiger partial charge is 0.266 e. The molecule has 0 atom stereocenters. The van der Waals surface area contributed by atoms with Gasteiger partial charge in [0.1, 0.15) is 18.2 Å². The summed E-state index contributed by atoms with van der Waals surface area (Å²) in [6.07, 6.45) is 1.47. The van der Waals surface area contributed by atoms with Gasteiger partial charge in [-0.15, -0.1) is 0 Å². The minimum atomic E-state index is -0.565. The molecule has 3 rings (SSSR count). The maximum atomic E-state index is 12.5. The highest BCUT2D eigenvalue weighted by atomic mass is 35.5. The fourth-order valence-corrected chi connectivity index (χ4v) is 3.01. The van der Waals surface area contributed by atoms with Crippen LogP contribution in [0.15, 0.2) is 72.3 Å². The fourth-order valence-electron chi connectivity index (χ4n) is 2.72. The van der Waals surface area contributed by atoms with Crippen molar-refractivity contribution in [1.82, 2.24) is 0 Å². The minimum Gasteiger partial charge on any atom is -0.493 e. The van der Waals surface area contributed by atoms with E-state index in [0.29, 0.717) is 39.4 Å². The average Bonchev–Trinajstić information content (AvgIpc) is 2.79. The topological polar surface area (TPSA) is 71.3 Å². The number of rotatable bonds is 7. The molecule has 0 saturated heterocycles. The van der Waals surface area contributed by atoms with Gasteiger partial charge >= 0.3 is 0 Å². The third kappa shape index (κ3) is 6.02. The molecule has 0 saturated carbocycles. The van der Waals surface area contributed by atoms with E-state index in [1.807, 2.05) is 36.4 Å². The highest BCUT2D eigenvalue weighted by Crippen LogP contribution is 2.30. The van der Waals surface area contributed by atoms with Crippen LogP contribution in [-0.4, -0.2) is 13.0 Å². The fraction of sp³-hybridized carbons (Fsp3) is 0.0833. The molecule has 0 bridgehead atoms. The molecule has 7 heteroatoms. The van der Waals surface area contributed by atoms with Crippen LogP contribution in [0, 0.1) is 11.3 Å². The number of hydrogen-bond donors (Lipinski definition) is 1. The molecule has 0 fully saturated rings. The first kappa shape index (κ1) is 22.2. The number of methoxy groups -OCH3 is 1. The van der Waals surface area contributed by atoms with E-state index in [1.165, 1.54) is 19.3 Å². The molecular weight excluding hydrogens is 435 g/mol. The maximum absolute atomic E-state index is 12.5. The van der Waals surface area contributed by atoms with Gasteiger partial charge in [0.2, 0.25) is 0 Å². The van der Waals surface area contributed by atoms with Gasteiger partial charge in [0.05, 0.1) is 17.2 Å². The van der Waals surface area contributed by atoms with E-state index < -0.39 is 5.91 Å². The van der Waals surface area contributed by atoms with Gasteiger partial charge in [-0.2, -0.15) is 5.26 Å². The van der Waals surface area contributed by atoms with Crippen molar-refractivity contribution >= 4 is 40.9 Å². The monoisotopic (exact) mass is 452 g/mol. The van der Waals surface area contributed by atoms with Crippen LogP contribution in [-0.2, 0) is 11.4 Å². The number of ether oxygens (including phenoxy) is 2. The number of anilines is 1. The molecule has 0 aliphatic rings. The Morgan fingerprint density at radius 3 is 2.48 bits per heavy atom. The molecule has 1 N–H and O–H groups in total. The Morgan fingerprint density at radius 2 is 1.81 bits per heavy atom. The molecule has 0 heterocycles. The lowest BCUT2D eigenvalue weighted by Gasteiger charge is -2.11. The van der Waals surface area contributed by atoms with Gasteiger partial charge < -0.3 is 14.8 Å². The van der Waals surface area contributed by atoms with Crippen molar-refractivity contribution < 1.29 is 14.3 Å². The van der Waals surface area contributed by atoms with Crippen LogP contribution in [0.5, 0.6) is 11.5 Å². The second-order valence-corrected chi connectivity index (χ2v) is 7.25. The van der Waals surface area contributed by atoms with E-state index in [4.69, 9.17) is 32.7 Å². The van der Waals surface area contributed by atoms with Gasteiger partial charge in [-0.05, 0) is 47.5 Å². The Hall–Kier alpha value is -3.46. The Morgan fingerprint density at radius 1 is 1.03 bits per heavy atom. The van der Waals surface area contributed by atoms with E-state index in [1.54, 1.807) is 30.3 Å². The van der Waals surface area contributed by atoms with Crippen LogP contribution in [0.3, 0.4) is 0 Å². The van der Waals surface area contributed by atoms with Gasteiger partial charge in [0, 0.05) is 5.69 Å². The van der Waals surface area contributed by atoms with Gasteiger partial charge in [-0.3, -0.25) is 4.79 Å². The van der Waals surface area contributed by atoms with Crippen molar-refractivity contribution in [3.63, 3.8) is 0 Å². The lowest BCUT2D eigenvalue weighted by atomic mass is 10.1. The first-order valence-corrected chi connectivity index (χ1v) is 9.98. The zero-order valence-corrected chi connectivity index (χ0v) is 18.1. The molecule has 3 aromatic rings. The van der Waals surface area contributed by atoms with Crippen molar-refractivity contribution in [3.8, 4) is 17.6 Å².